The molecule has 0 N–H and O–H groups in total. The average molecular weight is 431 g/mol. The van der Waals surface area contributed by atoms with Crippen molar-refractivity contribution in [1.29, 1.82) is 5.26 Å². The van der Waals surface area contributed by atoms with E-state index < -0.39 is 64.9 Å². The number of thioether (sulfide) groups is 1. The van der Waals surface area contributed by atoms with Crippen molar-refractivity contribution in [3.05, 3.63) is 45.4 Å². The van der Waals surface area contributed by atoms with Gasteiger partial charge in [-0.1, -0.05) is 26.8 Å². The Bertz CT molecular complexity index is 850. The standard InChI is InChI=1S/C20H21F4NO3S/c1-5-29-10(7-25)6-13-14(20(13,2)3)19(26)28-9-12-17(23)15(21)11(8-27-4)16(22)18(12)24/h6,13-14H,5,8-9H2,1-4H3/b10-6-/t13-,14+/m1/s1. The number of nitrogens with zero attached hydrogens (tertiary/aromatic N) is 1. The van der Waals surface area contributed by atoms with Crippen molar-refractivity contribution in [2.24, 2.45) is 17.3 Å². The summed E-state index contributed by atoms with van der Waals surface area (Å²) in [5.41, 5.74) is -2.38. The summed E-state index contributed by atoms with van der Waals surface area (Å²) in [6.07, 6.45) is 1.68. The van der Waals surface area contributed by atoms with Crippen LogP contribution in [0.5, 0.6) is 0 Å². The van der Waals surface area contributed by atoms with Crippen LogP contribution in [-0.2, 0) is 27.5 Å². The number of methoxy groups -OCH3 is 1. The Morgan fingerprint density at radius 1 is 1.14 bits per heavy atom. The number of halogens is 4. The van der Waals surface area contributed by atoms with Gasteiger partial charge in [0.2, 0.25) is 0 Å². The van der Waals surface area contributed by atoms with Gasteiger partial charge >= 0.3 is 5.97 Å². The van der Waals surface area contributed by atoms with Crippen LogP contribution in [0.2, 0.25) is 0 Å². The van der Waals surface area contributed by atoms with Gasteiger partial charge in [0.15, 0.2) is 23.3 Å². The molecule has 4 nitrogen and oxygen atoms in total. The Morgan fingerprint density at radius 3 is 2.10 bits per heavy atom. The molecule has 1 aromatic rings. The number of allylic oxidation sites excluding steroid dienone is 2. The molecule has 2 rings (SSSR count). The van der Waals surface area contributed by atoms with Gasteiger partial charge in [-0.05, 0) is 17.1 Å². The van der Waals surface area contributed by atoms with Crippen LogP contribution in [0, 0.1) is 51.9 Å². The first-order valence-electron chi connectivity index (χ1n) is 8.85. The smallest absolute Gasteiger partial charge is 0.310 e. The zero-order valence-corrected chi connectivity index (χ0v) is 17.3. The molecule has 1 aliphatic carbocycles. The Morgan fingerprint density at radius 2 is 1.66 bits per heavy atom. The van der Waals surface area contributed by atoms with Crippen molar-refractivity contribution in [2.45, 2.75) is 34.0 Å². The van der Waals surface area contributed by atoms with Crippen LogP contribution in [0.25, 0.3) is 0 Å². The first kappa shape index (κ1) is 23.2. The lowest BCUT2D eigenvalue weighted by atomic mass is 10.1. The van der Waals surface area contributed by atoms with Gasteiger partial charge in [0.25, 0.3) is 0 Å². The van der Waals surface area contributed by atoms with Gasteiger partial charge < -0.3 is 9.47 Å². The summed E-state index contributed by atoms with van der Waals surface area (Å²) < 4.78 is 65.8. The summed E-state index contributed by atoms with van der Waals surface area (Å²) in [6.45, 7) is 3.89. The van der Waals surface area contributed by atoms with Crippen LogP contribution < -0.4 is 0 Å². The maximum absolute atomic E-state index is 14.1. The van der Waals surface area contributed by atoms with Crippen LogP contribution in [-0.4, -0.2) is 18.8 Å². The third-order valence-corrected chi connectivity index (χ3v) is 5.83. The van der Waals surface area contributed by atoms with Gasteiger partial charge in [-0.15, -0.1) is 11.8 Å². The van der Waals surface area contributed by atoms with E-state index in [0.29, 0.717) is 10.7 Å². The molecule has 0 saturated heterocycles. The lowest BCUT2D eigenvalue weighted by Crippen LogP contribution is -2.15. The molecule has 0 aliphatic heterocycles. The highest BCUT2D eigenvalue weighted by Gasteiger charge is 2.61. The number of hydrogen-bond donors (Lipinski definition) is 0. The minimum atomic E-state index is -1.62. The summed E-state index contributed by atoms with van der Waals surface area (Å²) in [4.78, 5) is 12.9. The fraction of sp³-hybridized carbons (Fsp3) is 0.500. The normalized spacial score (nSPS) is 20.3. The molecule has 158 valence electrons. The summed E-state index contributed by atoms with van der Waals surface area (Å²) in [7, 11) is 1.13. The third-order valence-electron chi connectivity index (χ3n) is 5.00. The molecule has 0 radical (unpaired) electrons. The highest BCUT2D eigenvalue weighted by molar-refractivity contribution is 8.03. The quantitative estimate of drug-likeness (QED) is 0.255. The SMILES string of the molecule is CCS/C(C#N)=C\[C@@H]1[C@@H](C(=O)OCc2c(F)c(F)c(COC)c(F)c2F)C1(C)C. The lowest BCUT2D eigenvalue weighted by molar-refractivity contribution is -0.147. The van der Waals surface area contributed by atoms with Crippen LogP contribution >= 0.6 is 11.8 Å². The number of ether oxygens (including phenoxy) is 2. The van der Waals surface area contributed by atoms with Gasteiger partial charge in [0.1, 0.15) is 12.7 Å². The van der Waals surface area contributed by atoms with Crippen molar-refractivity contribution in [1.82, 2.24) is 0 Å². The maximum Gasteiger partial charge on any atom is 0.310 e. The zero-order chi connectivity index (χ0) is 21.9. The fourth-order valence-corrected chi connectivity index (χ4v) is 3.85. The molecule has 2 atom stereocenters. The Hall–Kier alpha value is -2.05. The van der Waals surface area contributed by atoms with E-state index in [1.165, 1.54) is 11.8 Å². The number of rotatable bonds is 8. The molecule has 1 aromatic carbocycles. The van der Waals surface area contributed by atoms with Crippen molar-refractivity contribution in [2.75, 3.05) is 12.9 Å². The third kappa shape index (κ3) is 4.59. The zero-order valence-electron chi connectivity index (χ0n) is 16.4. The molecule has 0 unspecified atom stereocenters. The van der Waals surface area contributed by atoms with Crippen molar-refractivity contribution >= 4 is 17.7 Å². The van der Waals surface area contributed by atoms with Gasteiger partial charge in [0.05, 0.1) is 28.6 Å². The Kier molecular flexibility index (Phi) is 7.35. The second-order valence-electron chi connectivity index (χ2n) is 7.15. The minimum absolute atomic E-state index is 0.282. The summed E-state index contributed by atoms with van der Waals surface area (Å²) >= 11 is 1.34. The van der Waals surface area contributed by atoms with Crippen LogP contribution in [0.3, 0.4) is 0 Å². The number of hydrogen-bond acceptors (Lipinski definition) is 5. The van der Waals surface area contributed by atoms with Crippen LogP contribution in [0.1, 0.15) is 31.9 Å². The predicted octanol–water partition coefficient (Wildman–Crippen LogP) is 4.87. The van der Waals surface area contributed by atoms with E-state index in [-0.39, 0.29) is 5.92 Å². The Labute approximate surface area is 170 Å². The van der Waals surface area contributed by atoms with E-state index >= 15 is 0 Å². The molecule has 9 heteroatoms. The molecule has 0 spiro atoms. The van der Waals surface area contributed by atoms with E-state index in [0.717, 1.165) is 7.11 Å². The largest absolute Gasteiger partial charge is 0.460 e. The van der Waals surface area contributed by atoms with Gasteiger partial charge in [-0.25, -0.2) is 17.6 Å². The van der Waals surface area contributed by atoms with E-state index in [9.17, 15) is 22.4 Å². The molecule has 0 amide bonds. The summed E-state index contributed by atoms with van der Waals surface area (Å²) in [6, 6.07) is 2.05. The first-order valence-corrected chi connectivity index (χ1v) is 9.84. The van der Waals surface area contributed by atoms with Crippen molar-refractivity contribution < 1.29 is 31.8 Å². The molecular formula is C20H21F4NO3S. The van der Waals surface area contributed by atoms with Gasteiger partial charge in [0, 0.05) is 7.11 Å². The molecule has 1 fully saturated rings. The van der Waals surface area contributed by atoms with Crippen molar-refractivity contribution in [3.8, 4) is 6.07 Å². The average Bonchev–Trinajstić information content (AvgIpc) is 3.22. The van der Waals surface area contributed by atoms with E-state index in [4.69, 9.17) is 10.00 Å². The highest BCUT2D eigenvalue weighted by Crippen LogP contribution is 2.60. The maximum atomic E-state index is 14.1. The second-order valence-corrected chi connectivity index (χ2v) is 8.46. The summed E-state index contributed by atoms with van der Waals surface area (Å²) in [5, 5.41) is 9.14. The van der Waals surface area contributed by atoms with Crippen molar-refractivity contribution in [3.63, 3.8) is 0 Å². The molecule has 0 bridgehead atoms. The van der Waals surface area contributed by atoms with E-state index in [1.54, 1.807) is 19.9 Å². The molecule has 29 heavy (non-hydrogen) atoms. The first-order chi connectivity index (χ1) is 13.6. The number of esters is 1. The monoisotopic (exact) mass is 431 g/mol. The molecule has 0 aromatic heterocycles. The number of carbonyl (C=O) groups is 1. The number of carbonyl (C=O) groups excluding carboxylic acids is 1. The topological polar surface area (TPSA) is 59.3 Å². The van der Waals surface area contributed by atoms with Crippen LogP contribution in [0.4, 0.5) is 17.6 Å². The van der Waals surface area contributed by atoms with E-state index in [2.05, 4.69) is 10.8 Å². The molecule has 0 heterocycles. The molecule has 1 saturated carbocycles. The minimum Gasteiger partial charge on any atom is -0.460 e. The summed E-state index contributed by atoms with van der Waals surface area (Å²) in [5.74, 6) is -7.39. The molecular weight excluding hydrogens is 410 g/mol. The van der Waals surface area contributed by atoms with Gasteiger partial charge in [-0.3, -0.25) is 4.79 Å². The van der Waals surface area contributed by atoms with E-state index in [1.807, 2.05) is 6.92 Å². The predicted molar refractivity (Wildman–Crippen MR) is 99.4 cm³/mol. The highest BCUT2D eigenvalue weighted by atomic mass is 32.2. The number of nitriles is 1. The second kappa shape index (κ2) is 9.18. The van der Waals surface area contributed by atoms with Gasteiger partial charge in [-0.2, -0.15) is 5.26 Å². The fourth-order valence-electron chi connectivity index (χ4n) is 3.23. The number of benzene rings is 1. The van der Waals surface area contributed by atoms with Crippen LogP contribution in [0.15, 0.2) is 11.0 Å². The lowest BCUT2D eigenvalue weighted by Gasteiger charge is -2.12. The molecule has 1 aliphatic rings. The Balaban J connectivity index is 2.17.